The highest BCUT2D eigenvalue weighted by atomic mass is 32.2. The van der Waals surface area contributed by atoms with E-state index in [4.69, 9.17) is 4.74 Å². The predicted molar refractivity (Wildman–Crippen MR) is 86.4 cm³/mol. The van der Waals surface area contributed by atoms with E-state index >= 15 is 0 Å². The number of rotatable bonds is 3. The van der Waals surface area contributed by atoms with Gasteiger partial charge in [0.2, 0.25) is 0 Å². The van der Waals surface area contributed by atoms with Crippen molar-refractivity contribution in [3.05, 3.63) is 53.6 Å². The van der Waals surface area contributed by atoms with E-state index in [1.807, 2.05) is 11.6 Å². The van der Waals surface area contributed by atoms with Gasteiger partial charge in [-0.1, -0.05) is 17.7 Å². The third-order valence-corrected chi connectivity index (χ3v) is 4.78. The number of amides is 2. The monoisotopic (exact) mass is 346 g/mol. The van der Waals surface area contributed by atoms with Crippen LogP contribution < -0.4 is 14.8 Å². The van der Waals surface area contributed by atoms with Gasteiger partial charge in [-0.2, -0.15) is 0 Å². The minimum Gasteiger partial charge on any atom is -0.482 e. The van der Waals surface area contributed by atoms with Crippen LogP contribution in [0.1, 0.15) is 15.9 Å². The van der Waals surface area contributed by atoms with Gasteiger partial charge in [0.25, 0.3) is 21.8 Å². The van der Waals surface area contributed by atoms with Gasteiger partial charge in [-0.05, 0) is 37.3 Å². The molecule has 0 spiro atoms. The molecule has 0 unspecified atom stereocenters. The zero-order valence-corrected chi connectivity index (χ0v) is 13.5. The molecule has 3 rings (SSSR count). The van der Waals surface area contributed by atoms with Crippen LogP contribution in [0, 0.1) is 6.92 Å². The zero-order chi connectivity index (χ0) is 17.3. The molecular formula is C16H14N2O5S. The van der Waals surface area contributed by atoms with Crippen molar-refractivity contribution in [3.8, 4) is 5.75 Å². The minimum absolute atomic E-state index is 0.00271. The maximum absolute atomic E-state index is 12.2. The number of carbonyl (C=O) groups excluding carboxylic acids is 2. The van der Waals surface area contributed by atoms with E-state index in [0.717, 1.165) is 5.56 Å². The molecule has 24 heavy (non-hydrogen) atoms. The van der Waals surface area contributed by atoms with Crippen LogP contribution in [-0.4, -0.2) is 26.8 Å². The number of aryl methyl sites for hydroxylation is 1. The highest BCUT2D eigenvalue weighted by molar-refractivity contribution is 7.90. The Morgan fingerprint density at radius 3 is 2.58 bits per heavy atom. The van der Waals surface area contributed by atoms with E-state index < -0.39 is 15.9 Å². The fourth-order valence-corrected chi connectivity index (χ4v) is 3.15. The lowest BCUT2D eigenvalue weighted by Gasteiger charge is -2.18. The van der Waals surface area contributed by atoms with Gasteiger partial charge in [0.1, 0.15) is 5.75 Å². The standard InChI is InChI=1S/C16H14N2O5S/c1-10-2-5-12(6-3-10)24(21,22)18-16(20)11-4-7-13-14(8-11)23-9-15(19)17-13/h2-8H,9H2,1H3,(H,17,19)(H,18,20). The third-order valence-electron chi connectivity index (χ3n) is 3.44. The van der Waals surface area contributed by atoms with Crippen molar-refractivity contribution >= 4 is 27.5 Å². The maximum atomic E-state index is 12.2. The van der Waals surface area contributed by atoms with Crippen LogP contribution in [0.15, 0.2) is 47.4 Å². The molecule has 1 aliphatic heterocycles. The number of hydrogen-bond donors (Lipinski definition) is 2. The maximum Gasteiger partial charge on any atom is 0.265 e. The topological polar surface area (TPSA) is 102 Å². The number of nitrogens with one attached hydrogen (secondary N) is 2. The van der Waals surface area contributed by atoms with E-state index in [0.29, 0.717) is 11.4 Å². The first-order valence-corrected chi connectivity index (χ1v) is 8.54. The fraction of sp³-hybridized carbons (Fsp3) is 0.125. The number of sulfonamides is 1. The van der Waals surface area contributed by atoms with E-state index in [1.54, 1.807) is 12.1 Å². The molecule has 0 atom stereocenters. The second-order valence-electron chi connectivity index (χ2n) is 5.30. The molecule has 1 heterocycles. The van der Waals surface area contributed by atoms with E-state index in [1.165, 1.54) is 30.3 Å². The number of benzene rings is 2. The largest absolute Gasteiger partial charge is 0.482 e. The zero-order valence-electron chi connectivity index (χ0n) is 12.7. The molecule has 0 saturated carbocycles. The molecule has 0 aliphatic carbocycles. The molecular weight excluding hydrogens is 332 g/mol. The summed E-state index contributed by atoms with van der Waals surface area (Å²) in [6.45, 7) is 1.68. The molecule has 1 aliphatic rings. The number of anilines is 1. The summed E-state index contributed by atoms with van der Waals surface area (Å²) in [5, 5.41) is 2.59. The lowest BCUT2D eigenvalue weighted by Crippen LogP contribution is -2.31. The Morgan fingerprint density at radius 1 is 1.17 bits per heavy atom. The summed E-state index contributed by atoms with van der Waals surface area (Å²) in [4.78, 5) is 23.4. The Morgan fingerprint density at radius 2 is 1.88 bits per heavy atom. The Balaban J connectivity index is 1.82. The number of fused-ring (bicyclic) bond motifs is 1. The van der Waals surface area contributed by atoms with Crippen molar-refractivity contribution in [2.75, 3.05) is 11.9 Å². The molecule has 8 heteroatoms. The Labute approximate surface area is 138 Å². The first-order valence-electron chi connectivity index (χ1n) is 7.06. The van der Waals surface area contributed by atoms with Gasteiger partial charge in [0.05, 0.1) is 10.6 Å². The number of hydrogen-bond acceptors (Lipinski definition) is 5. The third kappa shape index (κ3) is 3.23. The summed E-state index contributed by atoms with van der Waals surface area (Å²) in [5.74, 6) is -0.754. The van der Waals surface area contributed by atoms with Crippen LogP contribution in [0.4, 0.5) is 5.69 Å². The van der Waals surface area contributed by atoms with Gasteiger partial charge < -0.3 is 10.1 Å². The molecule has 0 aromatic heterocycles. The molecule has 7 nitrogen and oxygen atoms in total. The van der Waals surface area contributed by atoms with Gasteiger partial charge in [0, 0.05) is 5.56 Å². The van der Waals surface area contributed by atoms with Crippen LogP contribution in [0.2, 0.25) is 0 Å². The molecule has 2 aromatic rings. The summed E-state index contributed by atoms with van der Waals surface area (Å²) in [7, 11) is -3.96. The summed E-state index contributed by atoms with van der Waals surface area (Å²) in [5.41, 5.74) is 1.46. The Bertz CT molecular complexity index is 920. The van der Waals surface area contributed by atoms with Crippen LogP contribution in [-0.2, 0) is 14.8 Å². The van der Waals surface area contributed by atoms with Gasteiger partial charge in [-0.25, -0.2) is 13.1 Å². The molecule has 2 aromatic carbocycles. The normalized spacial score (nSPS) is 13.5. The van der Waals surface area contributed by atoms with Gasteiger partial charge >= 0.3 is 0 Å². The second kappa shape index (κ2) is 5.97. The molecule has 124 valence electrons. The van der Waals surface area contributed by atoms with Crippen molar-refractivity contribution in [1.29, 1.82) is 0 Å². The van der Waals surface area contributed by atoms with E-state index in [-0.39, 0.29) is 23.0 Å². The Hall–Kier alpha value is -2.87. The van der Waals surface area contributed by atoms with Crippen molar-refractivity contribution in [1.82, 2.24) is 4.72 Å². The lowest BCUT2D eigenvalue weighted by atomic mass is 10.1. The second-order valence-corrected chi connectivity index (χ2v) is 6.98. The first kappa shape index (κ1) is 16.0. The van der Waals surface area contributed by atoms with Crippen molar-refractivity contribution < 1.29 is 22.7 Å². The van der Waals surface area contributed by atoms with Crippen LogP contribution in [0.25, 0.3) is 0 Å². The van der Waals surface area contributed by atoms with Gasteiger partial charge in [0.15, 0.2) is 6.61 Å². The quantitative estimate of drug-likeness (QED) is 0.876. The van der Waals surface area contributed by atoms with Crippen molar-refractivity contribution in [2.45, 2.75) is 11.8 Å². The van der Waals surface area contributed by atoms with Crippen molar-refractivity contribution in [2.24, 2.45) is 0 Å². The average molecular weight is 346 g/mol. The lowest BCUT2D eigenvalue weighted by molar-refractivity contribution is -0.118. The molecule has 0 fully saturated rings. The average Bonchev–Trinajstić information content (AvgIpc) is 2.54. The summed E-state index contributed by atoms with van der Waals surface area (Å²) < 4.78 is 31.7. The SMILES string of the molecule is Cc1ccc(S(=O)(=O)NC(=O)c2ccc3c(c2)OCC(=O)N3)cc1. The smallest absolute Gasteiger partial charge is 0.265 e. The van der Waals surface area contributed by atoms with Gasteiger partial charge in [-0.15, -0.1) is 0 Å². The van der Waals surface area contributed by atoms with Gasteiger partial charge in [-0.3, -0.25) is 9.59 Å². The molecule has 0 radical (unpaired) electrons. The summed E-state index contributed by atoms with van der Waals surface area (Å²) in [6.07, 6.45) is 0. The highest BCUT2D eigenvalue weighted by Gasteiger charge is 2.21. The van der Waals surface area contributed by atoms with E-state index in [2.05, 4.69) is 5.32 Å². The number of ether oxygens (including phenoxy) is 1. The molecule has 0 bridgehead atoms. The molecule has 2 amide bonds. The fourth-order valence-electron chi connectivity index (χ4n) is 2.17. The summed E-state index contributed by atoms with van der Waals surface area (Å²) in [6, 6.07) is 10.4. The van der Waals surface area contributed by atoms with E-state index in [9.17, 15) is 18.0 Å². The minimum atomic E-state index is -3.96. The number of carbonyl (C=O) groups is 2. The van der Waals surface area contributed by atoms with Crippen LogP contribution in [0.5, 0.6) is 5.75 Å². The molecule has 2 N–H and O–H groups in total. The molecule has 0 saturated heterocycles. The highest BCUT2D eigenvalue weighted by Crippen LogP contribution is 2.28. The van der Waals surface area contributed by atoms with Crippen LogP contribution >= 0.6 is 0 Å². The Kier molecular flexibility index (Phi) is 3.98. The van der Waals surface area contributed by atoms with Crippen molar-refractivity contribution in [3.63, 3.8) is 0 Å². The summed E-state index contributed by atoms with van der Waals surface area (Å²) >= 11 is 0. The van der Waals surface area contributed by atoms with Crippen LogP contribution in [0.3, 0.4) is 0 Å². The first-order chi connectivity index (χ1) is 11.3. The predicted octanol–water partition coefficient (Wildman–Crippen LogP) is 1.44.